The Kier molecular flexibility index (Phi) is 7.02. The molecule has 2 N–H and O–H groups in total. The van der Waals surface area contributed by atoms with E-state index in [1.165, 1.54) is 0 Å². The highest BCUT2D eigenvalue weighted by Crippen LogP contribution is 2.30. The van der Waals surface area contributed by atoms with Gasteiger partial charge in [-0.05, 0) is 12.1 Å². The Labute approximate surface area is 150 Å². The van der Waals surface area contributed by atoms with Crippen LogP contribution < -0.4 is 10.6 Å². The number of rotatable bonds is 8. The summed E-state index contributed by atoms with van der Waals surface area (Å²) in [5.74, 6) is 1.26. The van der Waals surface area contributed by atoms with Gasteiger partial charge in [-0.2, -0.15) is 0 Å². The third-order valence-electron chi connectivity index (χ3n) is 3.35. The SMILES string of the molecule is CCc1nc(NCCC(=O)NCCOC)c2cc(Cl)cc(Cl)c2n1. The first-order valence-corrected chi connectivity index (χ1v) is 8.46. The molecule has 0 atom stereocenters. The van der Waals surface area contributed by atoms with Crippen LogP contribution in [0.5, 0.6) is 0 Å². The second-order valence-electron chi connectivity index (χ2n) is 5.15. The van der Waals surface area contributed by atoms with Crippen LogP contribution in [0.1, 0.15) is 19.2 Å². The number of carbonyl (C=O) groups excluding carboxylic acids is 1. The number of halogens is 2. The van der Waals surface area contributed by atoms with E-state index >= 15 is 0 Å². The minimum absolute atomic E-state index is 0.0512. The van der Waals surface area contributed by atoms with Crippen LogP contribution in [0.2, 0.25) is 10.0 Å². The number of ether oxygens (including phenoxy) is 1. The van der Waals surface area contributed by atoms with Crippen molar-refractivity contribution in [2.24, 2.45) is 0 Å². The fourth-order valence-electron chi connectivity index (χ4n) is 2.17. The molecule has 8 heteroatoms. The van der Waals surface area contributed by atoms with Crippen LogP contribution in [0.15, 0.2) is 12.1 Å². The van der Waals surface area contributed by atoms with Crippen molar-refractivity contribution in [1.29, 1.82) is 0 Å². The molecule has 0 aliphatic carbocycles. The molecule has 0 aliphatic rings. The Morgan fingerprint density at radius 3 is 2.75 bits per heavy atom. The molecule has 1 amide bonds. The third kappa shape index (κ3) is 4.93. The average molecular weight is 371 g/mol. The number of fused-ring (bicyclic) bond motifs is 1. The van der Waals surface area contributed by atoms with E-state index in [9.17, 15) is 4.79 Å². The van der Waals surface area contributed by atoms with E-state index in [0.29, 0.717) is 59.7 Å². The summed E-state index contributed by atoms with van der Waals surface area (Å²) in [6.45, 7) is 3.40. The molecule has 0 spiro atoms. The monoisotopic (exact) mass is 370 g/mol. The van der Waals surface area contributed by atoms with Gasteiger partial charge in [-0.15, -0.1) is 0 Å². The molecule has 6 nitrogen and oxygen atoms in total. The number of hydrogen-bond acceptors (Lipinski definition) is 5. The molecule has 0 aliphatic heterocycles. The van der Waals surface area contributed by atoms with Gasteiger partial charge in [0.25, 0.3) is 0 Å². The normalized spacial score (nSPS) is 10.8. The van der Waals surface area contributed by atoms with E-state index < -0.39 is 0 Å². The van der Waals surface area contributed by atoms with Crippen molar-refractivity contribution in [2.75, 3.05) is 32.1 Å². The van der Waals surface area contributed by atoms with E-state index in [1.54, 1.807) is 19.2 Å². The number of anilines is 1. The number of nitrogens with one attached hydrogen (secondary N) is 2. The molecule has 130 valence electrons. The van der Waals surface area contributed by atoms with Crippen LogP contribution in [0.3, 0.4) is 0 Å². The summed E-state index contributed by atoms with van der Waals surface area (Å²) in [6, 6.07) is 3.42. The van der Waals surface area contributed by atoms with Crippen LogP contribution in [0.4, 0.5) is 5.82 Å². The van der Waals surface area contributed by atoms with E-state index in [0.717, 1.165) is 5.39 Å². The summed E-state index contributed by atoms with van der Waals surface area (Å²) in [5.41, 5.74) is 0.653. The molecule has 0 saturated carbocycles. The summed E-state index contributed by atoms with van der Waals surface area (Å²) in [7, 11) is 1.59. The number of aromatic nitrogens is 2. The Hall–Kier alpha value is -1.63. The van der Waals surface area contributed by atoms with Gasteiger partial charge < -0.3 is 15.4 Å². The number of benzene rings is 1. The van der Waals surface area contributed by atoms with Gasteiger partial charge in [0.15, 0.2) is 0 Å². The molecule has 0 fully saturated rings. The highest BCUT2D eigenvalue weighted by atomic mass is 35.5. The third-order valence-corrected chi connectivity index (χ3v) is 3.86. The molecule has 2 aromatic rings. The second kappa shape index (κ2) is 9.01. The van der Waals surface area contributed by atoms with Crippen LogP contribution >= 0.6 is 23.2 Å². The maximum Gasteiger partial charge on any atom is 0.221 e. The molecular weight excluding hydrogens is 351 g/mol. The highest BCUT2D eigenvalue weighted by molar-refractivity contribution is 6.38. The van der Waals surface area contributed by atoms with E-state index in [-0.39, 0.29) is 5.91 Å². The van der Waals surface area contributed by atoms with Crippen molar-refractivity contribution in [2.45, 2.75) is 19.8 Å². The number of methoxy groups -OCH3 is 1. The van der Waals surface area contributed by atoms with Crippen molar-refractivity contribution >= 4 is 45.8 Å². The zero-order valence-electron chi connectivity index (χ0n) is 13.7. The topological polar surface area (TPSA) is 76.1 Å². The van der Waals surface area contributed by atoms with Gasteiger partial charge >= 0.3 is 0 Å². The van der Waals surface area contributed by atoms with E-state index in [4.69, 9.17) is 27.9 Å². The maximum absolute atomic E-state index is 11.7. The molecular formula is C16H20Cl2N4O2. The van der Waals surface area contributed by atoms with Gasteiger partial charge in [0.05, 0.1) is 17.1 Å². The lowest BCUT2D eigenvalue weighted by Crippen LogP contribution is -2.28. The standard InChI is InChI=1S/C16H20Cl2N4O2/c1-3-13-21-15-11(8-10(17)9-12(15)18)16(22-13)20-5-4-14(23)19-6-7-24-2/h8-9H,3-7H2,1-2H3,(H,19,23)(H,20,21,22). The van der Waals surface area contributed by atoms with Gasteiger partial charge in [0.2, 0.25) is 5.91 Å². The second-order valence-corrected chi connectivity index (χ2v) is 5.99. The fraction of sp³-hybridized carbons (Fsp3) is 0.438. The summed E-state index contributed by atoms with van der Waals surface area (Å²) in [5, 5.41) is 7.68. The Morgan fingerprint density at radius 1 is 1.25 bits per heavy atom. The molecule has 1 aromatic carbocycles. The van der Waals surface area contributed by atoms with Gasteiger partial charge in [0, 0.05) is 43.4 Å². The largest absolute Gasteiger partial charge is 0.383 e. The predicted octanol–water partition coefficient (Wildman–Crippen LogP) is 3.06. The molecule has 1 heterocycles. The molecule has 24 heavy (non-hydrogen) atoms. The minimum atomic E-state index is -0.0512. The van der Waals surface area contributed by atoms with E-state index in [2.05, 4.69) is 20.6 Å². The lowest BCUT2D eigenvalue weighted by molar-refractivity contribution is -0.121. The quantitative estimate of drug-likeness (QED) is 0.698. The van der Waals surface area contributed by atoms with Crippen LogP contribution in [0.25, 0.3) is 10.9 Å². The molecule has 0 saturated heterocycles. The zero-order chi connectivity index (χ0) is 17.5. The lowest BCUT2D eigenvalue weighted by Gasteiger charge is -2.11. The highest BCUT2D eigenvalue weighted by Gasteiger charge is 2.11. The van der Waals surface area contributed by atoms with Gasteiger partial charge in [0.1, 0.15) is 11.6 Å². The van der Waals surface area contributed by atoms with Crippen molar-refractivity contribution in [3.8, 4) is 0 Å². The van der Waals surface area contributed by atoms with Crippen LogP contribution in [-0.4, -0.2) is 42.7 Å². The molecule has 1 aromatic heterocycles. The van der Waals surface area contributed by atoms with Gasteiger partial charge in [-0.25, -0.2) is 9.97 Å². The molecule has 0 unspecified atom stereocenters. The van der Waals surface area contributed by atoms with Crippen molar-refractivity contribution in [3.05, 3.63) is 28.0 Å². The van der Waals surface area contributed by atoms with Crippen LogP contribution in [0, 0.1) is 0 Å². The number of aryl methyl sites for hydroxylation is 1. The maximum atomic E-state index is 11.7. The average Bonchev–Trinajstić information content (AvgIpc) is 2.55. The summed E-state index contributed by atoms with van der Waals surface area (Å²) in [6.07, 6.45) is 1.01. The first kappa shape index (κ1) is 18.7. The minimum Gasteiger partial charge on any atom is -0.383 e. The van der Waals surface area contributed by atoms with Crippen molar-refractivity contribution < 1.29 is 9.53 Å². The first-order valence-electron chi connectivity index (χ1n) is 7.70. The summed E-state index contributed by atoms with van der Waals surface area (Å²) >= 11 is 12.3. The Morgan fingerprint density at radius 2 is 2.04 bits per heavy atom. The van der Waals surface area contributed by atoms with Crippen molar-refractivity contribution in [1.82, 2.24) is 15.3 Å². The molecule has 0 bridgehead atoms. The summed E-state index contributed by atoms with van der Waals surface area (Å²) in [4.78, 5) is 20.7. The predicted molar refractivity (Wildman–Crippen MR) is 96.9 cm³/mol. The van der Waals surface area contributed by atoms with Crippen molar-refractivity contribution in [3.63, 3.8) is 0 Å². The fourth-order valence-corrected chi connectivity index (χ4v) is 2.71. The van der Waals surface area contributed by atoms with Gasteiger partial charge in [-0.1, -0.05) is 30.1 Å². The van der Waals surface area contributed by atoms with E-state index in [1.807, 2.05) is 6.92 Å². The number of carbonyl (C=O) groups is 1. The lowest BCUT2D eigenvalue weighted by atomic mass is 10.2. The number of hydrogen-bond donors (Lipinski definition) is 2. The Balaban J connectivity index is 2.11. The number of nitrogens with zero attached hydrogens (tertiary/aromatic N) is 2. The molecule has 2 rings (SSSR count). The van der Waals surface area contributed by atoms with Gasteiger partial charge in [-0.3, -0.25) is 4.79 Å². The number of amides is 1. The Bertz CT molecular complexity index is 725. The molecule has 0 radical (unpaired) electrons. The van der Waals surface area contributed by atoms with Crippen LogP contribution in [-0.2, 0) is 16.0 Å². The summed E-state index contributed by atoms with van der Waals surface area (Å²) < 4.78 is 4.89. The first-order chi connectivity index (χ1) is 11.5. The zero-order valence-corrected chi connectivity index (χ0v) is 15.2. The smallest absolute Gasteiger partial charge is 0.221 e.